The van der Waals surface area contributed by atoms with Crippen molar-refractivity contribution in [2.75, 3.05) is 0 Å². The lowest BCUT2D eigenvalue weighted by Crippen LogP contribution is -2.18. The van der Waals surface area contributed by atoms with E-state index in [0.29, 0.717) is 29.4 Å². The van der Waals surface area contributed by atoms with Gasteiger partial charge in [0.25, 0.3) is 0 Å². The molecular weight excluding hydrogens is 495 g/mol. The zero-order valence-corrected chi connectivity index (χ0v) is 21.8. The van der Waals surface area contributed by atoms with E-state index >= 15 is 4.39 Å². The van der Waals surface area contributed by atoms with Gasteiger partial charge in [0, 0.05) is 5.39 Å². The van der Waals surface area contributed by atoms with Crippen molar-refractivity contribution in [2.45, 2.75) is 77.5 Å². The molecular formula is C32H35F5O. The highest BCUT2D eigenvalue weighted by atomic mass is 19.4. The molecule has 1 saturated carbocycles. The second kappa shape index (κ2) is 12.8. The number of rotatable bonds is 10. The van der Waals surface area contributed by atoms with Crippen LogP contribution in [0.5, 0.6) is 5.75 Å². The first-order valence-corrected chi connectivity index (χ1v) is 13.6. The smallest absolute Gasteiger partial charge is 0.403 e. The van der Waals surface area contributed by atoms with Crippen molar-refractivity contribution in [3.05, 3.63) is 89.0 Å². The van der Waals surface area contributed by atoms with Crippen LogP contribution in [0.15, 0.2) is 60.7 Å². The lowest BCUT2D eigenvalue weighted by Gasteiger charge is -2.28. The molecule has 204 valence electrons. The van der Waals surface area contributed by atoms with Gasteiger partial charge in [-0.3, -0.25) is 0 Å². The maximum atomic E-state index is 15.2. The standard InChI is InChI=1S/C32H35F5O/c1-2-3-4-5-22-6-8-23(9-7-22)10-11-24-13-18-28-27(20-24)17-16-26(31(28)34)15-12-25-14-19-30(29(33)21-25)38-32(35,36)37/h2-3,13-14,16-23H,4-12,15H2,1H3/b3-2+. The Morgan fingerprint density at radius 1 is 0.816 bits per heavy atom. The zero-order chi connectivity index (χ0) is 27.1. The van der Waals surface area contributed by atoms with Crippen molar-refractivity contribution in [2.24, 2.45) is 11.8 Å². The Labute approximate surface area is 221 Å². The molecule has 4 rings (SSSR count). The molecule has 1 aliphatic carbocycles. The molecule has 6 heteroatoms. The Balaban J connectivity index is 1.31. The first-order valence-electron chi connectivity index (χ1n) is 13.6. The minimum absolute atomic E-state index is 0.293. The summed E-state index contributed by atoms with van der Waals surface area (Å²) >= 11 is 0. The molecule has 0 radical (unpaired) electrons. The molecule has 0 heterocycles. The molecule has 0 N–H and O–H groups in total. The molecule has 1 aliphatic rings. The molecule has 0 spiro atoms. The summed E-state index contributed by atoms with van der Waals surface area (Å²) in [6, 6.07) is 12.9. The van der Waals surface area contributed by atoms with Crippen molar-refractivity contribution in [3.63, 3.8) is 0 Å². The van der Waals surface area contributed by atoms with Crippen LogP contribution >= 0.6 is 0 Å². The molecule has 0 saturated heterocycles. The van der Waals surface area contributed by atoms with Gasteiger partial charge in [-0.1, -0.05) is 74.2 Å². The summed E-state index contributed by atoms with van der Waals surface area (Å²) in [5.41, 5.74) is 2.18. The van der Waals surface area contributed by atoms with E-state index in [2.05, 4.69) is 29.9 Å². The summed E-state index contributed by atoms with van der Waals surface area (Å²) in [5.74, 6) is -0.642. The normalized spacial score (nSPS) is 18.4. The van der Waals surface area contributed by atoms with Crippen LogP contribution in [0.3, 0.4) is 0 Å². The summed E-state index contributed by atoms with van der Waals surface area (Å²) in [5, 5.41) is 1.41. The molecule has 0 aromatic heterocycles. The molecule has 3 aromatic rings. The van der Waals surface area contributed by atoms with Gasteiger partial charge in [0.2, 0.25) is 0 Å². The first kappa shape index (κ1) is 28.1. The molecule has 0 bridgehead atoms. The fraction of sp³-hybridized carbons (Fsp3) is 0.438. The van der Waals surface area contributed by atoms with Crippen LogP contribution in [-0.2, 0) is 19.3 Å². The van der Waals surface area contributed by atoms with Gasteiger partial charge in [-0.2, -0.15) is 0 Å². The maximum absolute atomic E-state index is 15.2. The summed E-state index contributed by atoms with van der Waals surface area (Å²) in [6.45, 7) is 2.08. The molecule has 3 aromatic carbocycles. The molecule has 0 aliphatic heterocycles. The highest BCUT2D eigenvalue weighted by Gasteiger charge is 2.32. The predicted octanol–water partition coefficient (Wildman–Crippen LogP) is 9.90. The summed E-state index contributed by atoms with van der Waals surface area (Å²) in [6.07, 6.45) is 9.93. The lowest BCUT2D eigenvalue weighted by atomic mass is 9.78. The average molecular weight is 531 g/mol. The van der Waals surface area contributed by atoms with E-state index in [1.807, 2.05) is 18.2 Å². The number of hydrogen-bond donors (Lipinski definition) is 0. The van der Waals surface area contributed by atoms with Crippen molar-refractivity contribution < 1.29 is 26.7 Å². The topological polar surface area (TPSA) is 9.23 Å². The van der Waals surface area contributed by atoms with Gasteiger partial charge in [-0.15, -0.1) is 13.2 Å². The Hall–Kier alpha value is -2.89. The molecule has 0 amide bonds. The number of benzene rings is 3. The number of ether oxygens (including phenoxy) is 1. The Morgan fingerprint density at radius 2 is 1.50 bits per heavy atom. The average Bonchev–Trinajstić information content (AvgIpc) is 2.89. The molecule has 0 atom stereocenters. The number of hydrogen-bond acceptors (Lipinski definition) is 1. The highest BCUT2D eigenvalue weighted by Crippen LogP contribution is 2.34. The molecule has 1 fully saturated rings. The second-order valence-corrected chi connectivity index (χ2v) is 10.5. The first-order chi connectivity index (χ1) is 18.2. The molecule has 1 nitrogen and oxygen atoms in total. The summed E-state index contributed by atoms with van der Waals surface area (Å²) < 4.78 is 69.9. The SMILES string of the molecule is C/C=C/CCC1CCC(CCc2ccc3c(F)c(CCc4ccc(OC(F)(F)F)c(F)c4)ccc3c2)CC1. The van der Waals surface area contributed by atoms with Crippen molar-refractivity contribution >= 4 is 10.8 Å². The van der Waals surface area contributed by atoms with Crippen LogP contribution in [0.25, 0.3) is 10.8 Å². The van der Waals surface area contributed by atoms with E-state index in [1.165, 1.54) is 50.2 Å². The van der Waals surface area contributed by atoms with Gasteiger partial charge in [-0.05, 0) is 91.5 Å². The lowest BCUT2D eigenvalue weighted by molar-refractivity contribution is -0.275. The zero-order valence-electron chi connectivity index (χ0n) is 21.8. The highest BCUT2D eigenvalue weighted by molar-refractivity contribution is 5.84. The van der Waals surface area contributed by atoms with E-state index < -0.39 is 17.9 Å². The summed E-state index contributed by atoms with van der Waals surface area (Å²) in [7, 11) is 0. The van der Waals surface area contributed by atoms with E-state index in [0.717, 1.165) is 42.2 Å². The van der Waals surface area contributed by atoms with Gasteiger partial charge in [0.05, 0.1) is 0 Å². The van der Waals surface area contributed by atoms with Gasteiger partial charge in [0.1, 0.15) is 5.82 Å². The molecule has 0 unspecified atom stereocenters. The van der Waals surface area contributed by atoms with Gasteiger partial charge in [0.15, 0.2) is 11.6 Å². The number of allylic oxidation sites excluding steroid dienone is 2. The minimum Gasteiger partial charge on any atom is -0.403 e. The second-order valence-electron chi connectivity index (χ2n) is 10.5. The number of halogens is 5. The van der Waals surface area contributed by atoms with Crippen molar-refractivity contribution in [3.8, 4) is 5.75 Å². The Kier molecular flexibility index (Phi) is 9.45. The van der Waals surface area contributed by atoms with E-state index in [9.17, 15) is 17.6 Å². The van der Waals surface area contributed by atoms with E-state index in [4.69, 9.17) is 0 Å². The molecule has 38 heavy (non-hydrogen) atoms. The van der Waals surface area contributed by atoms with Crippen molar-refractivity contribution in [1.82, 2.24) is 0 Å². The monoisotopic (exact) mass is 530 g/mol. The summed E-state index contributed by atoms with van der Waals surface area (Å²) in [4.78, 5) is 0. The van der Waals surface area contributed by atoms with Gasteiger partial charge >= 0.3 is 6.36 Å². The van der Waals surface area contributed by atoms with Crippen LogP contribution in [0.1, 0.15) is 68.6 Å². The van der Waals surface area contributed by atoms with Crippen LogP contribution in [-0.4, -0.2) is 6.36 Å². The van der Waals surface area contributed by atoms with Crippen LogP contribution < -0.4 is 4.74 Å². The van der Waals surface area contributed by atoms with E-state index in [-0.39, 0.29) is 5.82 Å². The fourth-order valence-corrected chi connectivity index (χ4v) is 5.60. The van der Waals surface area contributed by atoms with Gasteiger partial charge in [-0.25, -0.2) is 8.78 Å². The predicted molar refractivity (Wildman–Crippen MR) is 142 cm³/mol. The minimum atomic E-state index is -4.96. The third-order valence-electron chi connectivity index (χ3n) is 7.79. The Morgan fingerprint density at radius 3 is 2.18 bits per heavy atom. The fourth-order valence-electron chi connectivity index (χ4n) is 5.60. The maximum Gasteiger partial charge on any atom is 0.573 e. The number of fused-ring (bicyclic) bond motifs is 1. The third kappa shape index (κ3) is 7.81. The van der Waals surface area contributed by atoms with Crippen LogP contribution in [0, 0.1) is 23.5 Å². The van der Waals surface area contributed by atoms with Crippen molar-refractivity contribution in [1.29, 1.82) is 0 Å². The third-order valence-corrected chi connectivity index (χ3v) is 7.79. The van der Waals surface area contributed by atoms with Crippen LogP contribution in [0.4, 0.5) is 22.0 Å². The Bertz CT molecular complexity index is 1240. The number of alkyl halides is 3. The van der Waals surface area contributed by atoms with Crippen LogP contribution in [0.2, 0.25) is 0 Å². The quantitative estimate of drug-likeness (QED) is 0.187. The van der Waals surface area contributed by atoms with E-state index in [1.54, 1.807) is 6.07 Å². The van der Waals surface area contributed by atoms with Gasteiger partial charge < -0.3 is 4.74 Å². The largest absolute Gasteiger partial charge is 0.573 e. The number of aryl methyl sites for hydroxylation is 3.